The van der Waals surface area contributed by atoms with E-state index >= 15 is 0 Å². The molecule has 2 rings (SSSR count). The molecule has 102 valence electrons. The van der Waals surface area contributed by atoms with Crippen molar-refractivity contribution < 1.29 is 14.3 Å². The van der Waals surface area contributed by atoms with Crippen LogP contribution < -0.4 is 4.90 Å². The van der Waals surface area contributed by atoms with Gasteiger partial charge in [-0.25, -0.2) is 0 Å². The van der Waals surface area contributed by atoms with E-state index in [1.807, 2.05) is 31.2 Å². The molecule has 1 amide bonds. The van der Waals surface area contributed by atoms with Crippen LogP contribution in [0, 0.1) is 12.3 Å². The molecule has 1 aliphatic rings. The van der Waals surface area contributed by atoms with Crippen LogP contribution in [0.5, 0.6) is 0 Å². The molecule has 0 aromatic heterocycles. The van der Waals surface area contributed by atoms with E-state index in [2.05, 4.69) is 0 Å². The van der Waals surface area contributed by atoms with Crippen LogP contribution in [-0.2, 0) is 14.3 Å². The van der Waals surface area contributed by atoms with Crippen LogP contribution in [0.3, 0.4) is 0 Å². The number of hydrogen-bond acceptors (Lipinski definition) is 3. The predicted octanol–water partition coefficient (Wildman–Crippen LogP) is 2.30. The number of aryl methyl sites for hydroxylation is 1. The zero-order valence-corrected chi connectivity index (χ0v) is 11.6. The molecule has 0 unspecified atom stereocenters. The molecule has 0 heterocycles. The van der Waals surface area contributed by atoms with Gasteiger partial charge in [0.25, 0.3) is 0 Å². The van der Waals surface area contributed by atoms with Gasteiger partial charge in [0.1, 0.15) is 5.41 Å². The summed E-state index contributed by atoms with van der Waals surface area (Å²) in [5.41, 5.74) is 0.881. The fourth-order valence-corrected chi connectivity index (χ4v) is 2.60. The Labute approximate surface area is 113 Å². The second-order valence-electron chi connectivity index (χ2n) is 5.08. The number of hydrogen-bond donors (Lipinski definition) is 0. The van der Waals surface area contributed by atoms with E-state index in [1.165, 1.54) is 7.11 Å². The Morgan fingerprint density at radius 2 is 1.89 bits per heavy atom. The molecule has 4 heteroatoms. The van der Waals surface area contributed by atoms with Crippen LogP contribution in [0.1, 0.15) is 24.8 Å². The quantitative estimate of drug-likeness (QED) is 0.619. The van der Waals surface area contributed by atoms with Crippen LogP contribution in [0.4, 0.5) is 5.69 Å². The van der Waals surface area contributed by atoms with E-state index in [1.54, 1.807) is 11.9 Å². The first kappa shape index (κ1) is 13.6. The van der Waals surface area contributed by atoms with Crippen molar-refractivity contribution in [3.05, 3.63) is 29.8 Å². The first-order chi connectivity index (χ1) is 9.03. The van der Waals surface area contributed by atoms with Gasteiger partial charge >= 0.3 is 5.97 Å². The van der Waals surface area contributed by atoms with E-state index in [9.17, 15) is 9.59 Å². The van der Waals surface area contributed by atoms with Crippen molar-refractivity contribution in [2.24, 2.45) is 5.41 Å². The van der Waals surface area contributed by atoms with Crippen molar-refractivity contribution in [2.45, 2.75) is 26.2 Å². The van der Waals surface area contributed by atoms with Crippen LogP contribution >= 0.6 is 0 Å². The molecule has 0 radical (unpaired) electrons. The van der Waals surface area contributed by atoms with Crippen LogP contribution in [0.2, 0.25) is 0 Å². The van der Waals surface area contributed by atoms with Crippen molar-refractivity contribution in [1.82, 2.24) is 0 Å². The number of anilines is 1. The lowest BCUT2D eigenvalue weighted by Crippen LogP contribution is -2.52. The summed E-state index contributed by atoms with van der Waals surface area (Å²) < 4.78 is 4.81. The number of esters is 1. The third-order valence-corrected chi connectivity index (χ3v) is 3.97. The smallest absolute Gasteiger partial charge is 0.321 e. The SMILES string of the molecule is COC(=O)C1(C(=O)N(C)c2ccccc2C)CCC1. The number of amides is 1. The highest BCUT2D eigenvalue weighted by Gasteiger charge is 2.53. The third kappa shape index (κ3) is 2.11. The van der Waals surface area contributed by atoms with E-state index in [0.717, 1.165) is 17.7 Å². The summed E-state index contributed by atoms with van der Waals surface area (Å²) in [6.07, 6.45) is 2.05. The second kappa shape index (κ2) is 5.03. The molecule has 0 bridgehead atoms. The Morgan fingerprint density at radius 1 is 1.26 bits per heavy atom. The lowest BCUT2D eigenvalue weighted by Gasteiger charge is -2.40. The van der Waals surface area contributed by atoms with Crippen LogP contribution in [0.25, 0.3) is 0 Å². The summed E-state index contributed by atoms with van der Waals surface area (Å²) in [7, 11) is 3.05. The van der Waals surface area contributed by atoms with Gasteiger partial charge in [0.15, 0.2) is 0 Å². The van der Waals surface area contributed by atoms with Crippen molar-refractivity contribution in [1.29, 1.82) is 0 Å². The minimum Gasteiger partial charge on any atom is -0.468 e. The zero-order chi connectivity index (χ0) is 14.0. The number of ether oxygens (including phenoxy) is 1. The minimum atomic E-state index is -0.966. The molecule has 0 atom stereocenters. The molecular weight excluding hydrogens is 242 g/mol. The molecule has 0 saturated heterocycles. The summed E-state index contributed by atoms with van der Waals surface area (Å²) >= 11 is 0. The van der Waals surface area contributed by atoms with Gasteiger partial charge in [0.2, 0.25) is 5.91 Å². The summed E-state index contributed by atoms with van der Waals surface area (Å²) in [5.74, 6) is -0.580. The van der Waals surface area contributed by atoms with E-state index in [-0.39, 0.29) is 5.91 Å². The predicted molar refractivity (Wildman–Crippen MR) is 72.9 cm³/mol. The molecule has 1 aliphatic carbocycles. The number of methoxy groups -OCH3 is 1. The Kier molecular flexibility index (Phi) is 3.60. The van der Waals surface area contributed by atoms with Gasteiger partial charge in [0.05, 0.1) is 7.11 Å². The topological polar surface area (TPSA) is 46.6 Å². The molecular formula is C15H19NO3. The van der Waals surface area contributed by atoms with Crippen molar-refractivity contribution in [2.75, 3.05) is 19.1 Å². The first-order valence-electron chi connectivity index (χ1n) is 6.45. The molecule has 19 heavy (non-hydrogen) atoms. The van der Waals surface area contributed by atoms with E-state index in [4.69, 9.17) is 4.74 Å². The minimum absolute atomic E-state index is 0.167. The van der Waals surface area contributed by atoms with Crippen LogP contribution in [0.15, 0.2) is 24.3 Å². The maximum absolute atomic E-state index is 12.6. The first-order valence-corrected chi connectivity index (χ1v) is 6.45. The normalized spacial score (nSPS) is 16.4. The van der Waals surface area contributed by atoms with E-state index in [0.29, 0.717) is 12.8 Å². The number of rotatable bonds is 3. The molecule has 4 nitrogen and oxygen atoms in total. The van der Waals surface area contributed by atoms with Crippen molar-refractivity contribution >= 4 is 17.6 Å². The number of carbonyl (C=O) groups excluding carboxylic acids is 2. The average Bonchev–Trinajstić information content (AvgIpc) is 2.36. The van der Waals surface area contributed by atoms with Gasteiger partial charge in [-0.2, -0.15) is 0 Å². The summed E-state index contributed by atoms with van der Waals surface area (Å²) in [6.45, 7) is 1.95. The van der Waals surface area contributed by atoms with Crippen molar-refractivity contribution in [3.63, 3.8) is 0 Å². The Morgan fingerprint density at radius 3 is 2.37 bits per heavy atom. The molecule has 0 aliphatic heterocycles. The summed E-state index contributed by atoms with van der Waals surface area (Å²) in [6, 6.07) is 7.65. The van der Waals surface area contributed by atoms with Gasteiger partial charge in [-0.15, -0.1) is 0 Å². The molecule has 1 fully saturated rings. The molecule has 1 aromatic rings. The molecule has 0 spiro atoms. The molecule has 1 saturated carbocycles. The zero-order valence-electron chi connectivity index (χ0n) is 11.6. The maximum Gasteiger partial charge on any atom is 0.321 e. The lowest BCUT2D eigenvalue weighted by atomic mass is 9.67. The second-order valence-corrected chi connectivity index (χ2v) is 5.08. The highest BCUT2D eigenvalue weighted by molar-refractivity contribution is 6.10. The molecule has 1 aromatic carbocycles. The molecule has 0 N–H and O–H groups in total. The Bertz CT molecular complexity index is 506. The fourth-order valence-electron chi connectivity index (χ4n) is 2.60. The highest BCUT2D eigenvalue weighted by Crippen LogP contribution is 2.44. The van der Waals surface area contributed by atoms with Gasteiger partial charge in [-0.05, 0) is 31.4 Å². The Hall–Kier alpha value is -1.84. The number of nitrogens with zero attached hydrogens (tertiary/aromatic N) is 1. The van der Waals surface area contributed by atoms with Gasteiger partial charge in [-0.1, -0.05) is 24.6 Å². The number of para-hydroxylation sites is 1. The monoisotopic (exact) mass is 261 g/mol. The van der Waals surface area contributed by atoms with Gasteiger partial charge < -0.3 is 9.64 Å². The van der Waals surface area contributed by atoms with Crippen LogP contribution in [-0.4, -0.2) is 26.0 Å². The third-order valence-electron chi connectivity index (χ3n) is 3.97. The number of carbonyl (C=O) groups is 2. The fraction of sp³-hybridized carbons (Fsp3) is 0.467. The Balaban J connectivity index is 2.29. The van der Waals surface area contributed by atoms with Gasteiger partial charge in [0, 0.05) is 12.7 Å². The average molecular weight is 261 g/mol. The van der Waals surface area contributed by atoms with Crippen molar-refractivity contribution in [3.8, 4) is 0 Å². The number of benzene rings is 1. The summed E-state index contributed by atoms with van der Waals surface area (Å²) in [5, 5.41) is 0. The lowest BCUT2D eigenvalue weighted by molar-refractivity contribution is -0.163. The summed E-state index contributed by atoms with van der Waals surface area (Å²) in [4.78, 5) is 26.1. The van der Waals surface area contributed by atoms with Gasteiger partial charge in [-0.3, -0.25) is 9.59 Å². The van der Waals surface area contributed by atoms with E-state index < -0.39 is 11.4 Å². The highest BCUT2D eigenvalue weighted by atomic mass is 16.5. The standard InChI is InChI=1S/C15H19NO3/c1-11-7-4-5-8-12(11)16(2)13(17)15(9-6-10-15)14(18)19-3/h4-5,7-8H,6,9-10H2,1-3H3. The largest absolute Gasteiger partial charge is 0.468 e. The maximum atomic E-state index is 12.6.